The third-order valence-electron chi connectivity index (χ3n) is 2.92. The van der Waals surface area contributed by atoms with Crippen LogP contribution in [0.3, 0.4) is 0 Å². The van der Waals surface area contributed by atoms with Gasteiger partial charge in [-0.05, 0) is 48.9 Å². The summed E-state index contributed by atoms with van der Waals surface area (Å²) < 4.78 is 10.8. The number of rotatable bonds is 5. The van der Waals surface area contributed by atoms with Crippen molar-refractivity contribution >= 4 is 23.5 Å². The maximum atomic E-state index is 9.08. The second-order valence-electron chi connectivity index (χ2n) is 4.37. The topological polar surface area (TPSA) is 54.6 Å². The molecular formula is C17H15ClN2O2. The van der Waals surface area contributed by atoms with Gasteiger partial charge in [0.15, 0.2) is 11.5 Å². The molecular weight excluding hydrogens is 300 g/mol. The van der Waals surface area contributed by atoms with Crippen molar-refractivity contribution in [3.8, 4) is 17.6 Å². The van der Waals surface area contributed by atoms with Crippen LogP contribution < -0.4 is 9.47 Å². The van der Waals surface area contributed by atoms with Gasteiger partial charge in [0.05, 0.1) is 25.0 Å². The number of ether oxygens (including phenoxy) is 2. The minimum Gasteiger partial charge on any atom is -0.493 e. The molecule has 0 fully saturated rings. The standard InChI is InChI=1S/C17H15ClN2O2/c1-3-22-16-7-4-12(8-17(16)21-2)11-20-15-9-14(18)6-5-13(15)10-19/h4-9,11H,3H2,1-2H3. The number of methoxy groups -OCH3 is 1. The van der Waals surface area contributed by atoms with Crippen LogP contribution in [-0.2, 0) is 0 Å². The van der Waals surface area contributed by atoms with E-state index in [2.05, 4.69) is 11.1 Å². The van der Waals surface area contributed by atoms with Gasteiger partial charge in [-0.2, -0.15) is 5.26 Å². The molecule has 0 radical (unpaired) electrons. The molecule has 0 atom stereocenters. The predicted octanol–water partition coefficient (Wildman–Crippen LogP) is 4.37. The average Bonchev–Trinajstić information content (AvgIpc) is 2.54. The number of hydrogen-bond donors (Lipinski definition) is 0. The Morgan fingerprint density at radius 3 is 2.73 bits per heavy atom. The Bertz CT molecular complexity index is 736. The lowest BCUT2D eigenvalue weighted by Crippen LogP contribution is -1.96. The van der Waals surface area contributed by atoms with E-state index in [1.165, 1.54) is 0 Å². The van der Waals surface area contributed by atoms with Crippen LogP contribution in [0.15, 0.2) is 41.4 Å². The summed E-state index contributed by atoms with van der Waals surface area (Å²) in [6.45, 7) is 2.48. The quantitative estimate of drug-likeness (QED) is 0.770. The average molecular weight is 315 g/mol. The van der Waals surface area contributed by atoms with Crippen molar-refractivity contribution in [1.29, 1.82) is 5.26 Å². The van der Waals surface area contributed by atoms with Crippen molar-refractivity contribution in [1.82, 2.24) is 0 Å². The molecule has 0 aromatic heterocycles. The lowest BCUT2D eigenvalue weighted by atomic mass is 10.2. The van der Waals surface area contributed by atoms with Gasteiger partial charge in [-0.15, -0.1) is 0 Å². The summed E-state index contributed by atoms with van der Waals surface area (Å²) >= 11 is 5.94. The Morgan fingerprint density at radius 2 is 2.05 bits per heavy atom. The number of benzene rings is 2. The Balaban J connectivity index is 2.31. The molecule has 0 aliphatic carbocycles. The molecule has 0 unspecified atom stereocenters. The summed E-state index contributed by atoms with van der Waals surface area (Å²) in [6, 6.07) is 12.6. The van der Waals surface area contributed by atoms with Gasteiger partial charge in [0.1, 0.15) is 6.07 Å². The third-order valence-corrected chi connectivity index (χ3v) is 3.16. The second-order valence-corrected chi connectivity index (χ2v) is 4.81. The van der Waals surface area contributed by atoms with Crippen LogP contribution in [0.5, 0.6) is 11.5 Å². The molecule has 0 aliphatic rings. The molecule has 2 aromatic rings. The molecule has 2 aromatic carbocycles. The largest absolute Gasteiger partial charge is 0.493 e. The minimum atomic E-state index is 0.471. The zero-order chi connectivity index (χ0) is 15.9. The molecule has 0 heterocycles. The molecule has 22 heavy (non-hydrogen) atoms. The van der Waals surface area contributed by atoms with Crippen molar-refractivity contribution < 1.29 is 9.47 Å². The van der Waals surface area contributed by atoms with E-state index >= 15 is 0 Å². The molecule has 0 aliphatic heterocycles. The lowest BCUT2D eigenvalue weighted by molar-refractivity contribution is 0.311. The molecule has 2 rings (SSSR count). The van der Waals surface area contributed by atoms with Crippen LogP contribution in [-0.4, -0.2) is 19.9 Å². The van der Waals surface area contributed by atoms with E-state index in [-0.39, 0.29) is 0 Å². The molecule has 5 heteroatoms. The fraction of sp³-hybridized carbons (Fsp3) is 0.176. The molecule has 0 bridgehead atoms. The van der Waals surface area contributed by atoms with Crippen LogP contribution in [0.2, 0.25) is 5.02 Å². The number of halogens is 1. The second kappa shape index (κ2) is 7.48. The Labute approximate surface area is 134 Å². The van der Waals surface area contributed by atoms with Crippen LogP contribution in [0.1, 0.15) is 18.1 Å². The van der Waals surface area contributed by atoms with Crippen LogP contribution in [0.25, 0.3) is 0 Å². The number of nitrogens with zero attached hydrogens (tertiary/aromatic N) is 2. The van der Waals surface area contributed by atoms with Crippen molar-refractivity contribution in [3.05, 3.63) is 52.5 Å². The lowest BCUT2D eigenvalue weighted by Gasteiger charge is -2.09. The van der Waals surface area contributed by atoms with E-state index in [9.17, 15) is 0 Å². The molecule has 112 valence electrons. The summed E-state index contributed by atoms with van der Waals surface area (Å²) in [5, 5.41) is 9.62. The zero-order valence-electron chi connectivity index (χ0n) is 12.3. The summed E-state index contributed by atoms with van der Waals surface area (Å²) in [5.41, 5.74) is 1.84. The molecule has 4 nitrogen and oxygen atoms in total. The van der Waals surface area contributed by atoms with E-state index in [1.807, 2.05) is 25.1 Å². The summed E-state index contributed by atoms with van der Waals surface area (Å²) in [4.78, 5) is 4.33. The van der Waals surface area contributed by atoms with E-state index in [0.29, 0.717) is 34.4 Å². The first kappa shape index (κ1) is 15.9. The predicted molar refractivity (Wildman–Crippen MR) is 87.6 cm³/mol. The normalized spacial score (nSPS) is 10.5. The zero-order valence-corrected chi connectivity index (χ0v) is 13.1. The number of hydrogen-bond acceptors (Lipinski definition) is 4. The highest BCUT2D eigenvalue weighted by molar-refractivity contribution is 6.30. The summed E-state index contributed by atoms with van der Waals surface area (Å²) in [5.74, 6) is 1.32. The molecule has 0 saturated heterocycles. The Morgan fingerprint density at radius 1 is 1.23 bits per heavy atom. The van der Waals surface area contributed by atoms with Crippen LogP contribution in [0.4, 0.5) is 5.69 Å². The Hall–Kier alpha value is -2.51. The van der Waals surface area contributed by atoms with Crippen molar-refractivity contribution in [2.75, 3.05) is 13.7 Å². The summed E-state index contributed by atoms with van der Waals surface area (Å²) in [7, 11) is 1.59. The van der Waals surface area contributed by atoms with Crippen molar-refractivity contribution in [2.45, 2.75) is 6.92 Å². The highest BCUT2D eigenvalue weighted by Gasteiger charge is 2.05. The van der Waals surface area contributed by atoms with Crippen molar-refractivity contribution in [2.24, 2.45) is 4.99 Å². The smallest absolute Gasteiger partial charge is 0.161 e. The van der Waals surface area contributed by atoms with E-state index in [0.717, 1.165) is 5.56 Å². The van der Waals surface area contributed by atoms with Gasteiger partial charge in [-0.1, -0.05) is 11.6 Å². The highest BCUT2D eigenvalue weighted by atomic mass is 35.5. The van der Waals surface area contributed by atoms with Gasteiger partial charge >= 0.3 is 0 Å². The molecule has 0 amide bonds. The monoisotopic (exact) mass is 314 g/mol. The van der Waals surface area contributed by atoms with Crippen LogP contribution >= 0.6 is 11.6 Å². The van der Waals surface area contributed by atoms with E-state index < -0.39 is 0 Å². The Kier molecular flexibility index (Phi) is 5.40. The highest BCUT2D eigenvalue weighted by Crippen LogP contribution is 2.28. The van der Waals surface area contributed by atoms with Gasteiger partial charge in [0.2, 0.25) is 0 Å². The molecule has 0 N–H and O–H groups in total. The van der Waals surface area contributed by atoms with Gasteiger partial charge in [-0.3, -0.25) is 4.99 Å². The van der Waals surface area contributed by atoms with Gasteiger partial charge in [0, 0.05) is 11.2 Å². The molecule has 0 saturated carbocycles. The first-order valence-corrected chi connectivity index (χ1v) is 7.10. The summed E-state index contributed by atoms with van der Waals surface area (Å²) in [6.07, 6.45) is 1.66. The minimum absolute atomic E-state index is 0.471. The maximum Gasteiger partial charge on any atom is 0.161 e. The fourth-order valence-corrected chi connectivity index (χ4v) is 2.06. The first-order chi connectivity index (χ1) is 10.7. The van der Waals surface area contributed by atoms with Crippen LogP contribution in [0, 0.1) is 11.3 Å². The fourth-order valence-electron chi connectivity index (χ4n) is 1.89. The van der Waals surface area contributed by atoms with Gasteiger partial charge < -0.3 is 9.47 Å². The number of nitriles is 1. The van der Waals surface area contributed by atoms with Gasteiger partial charge in [0.25, 0.3) is 0 Å². The number of aliphatic imine (C=N–C) groups is 1. The van der Waals surface area contributed by atoms with E-state index in [1.54, 1.807) is 31.5 Å². The van der Waals surface area contributed by atoms with Gasteiger partial charge in [-0.25, -0.2) is 0 Å². The van der Waals surface area contributed by atoms with Crippen molar-refractivity contribution in [3.63, 3.8) is 0 Å². The molecule has 0 spiro atoms. The van der Waals surface area contributed by atoms with E-state index in [4.69, 9.17) is 26.3 Å². The SMILES string of the molecule is CCOc1ccc(C=Nc2cc(Cl)ccc2C#N)cc1OC. The first-order valence-electron chi connectivity index (χ1n) is 6.72. The third kappa shape index (κ3) is 3.78. The maximum absolute atomic E-state index is 9.08.